The maximum Gasteiger partial charge on any atom is 0.268 e. The zero-order valence-electron chi connectivity index (χ0n) is 21.4. The Kier molecular flexibility index (Phi) is 8.30. The lowest BCUT2D eigenvalue weighted by Gasteiger charge is -2.17. The summed E-state index contributed by atoms with van der Waals surface area (Å²) in [7, 11) is 3.52. The van der Waals surface area contributed by atoms with Gasteiger partial charge in [-0.15, -0.1) is 0 Å². The van der Waals surface area contributed by atoms with E-state index in [0.29, 0.717) is 34.4 Å². The maximum absolute atomic E-state index is 13.6. The van der Waals surface area contributed by atoms with Crippen molar-refractivity contribution in [2.45, 2.75) is 20.4 Å². The van der Waals surface area contributed by atoms with Crippen molar-refractivity contribution >= 4 is 45.7 Å². The first-order valence-corrected chi connectivity index (χ1v) is 12.8. The van der Waals surface area contributed by atoms with Crippen molar-refractivity contribution in [2.75, 3.05) is 30.9 Å². The summed E-state index contributed by atoms with van der Waals surface area (Å²) in [5.74, 6) is 0.568. The lowest BCUT2D eigenvalue weighted by molar-refractivity contribution is -0.122. The van der Waals surface area contributed by atoms with Crippen molar-refractivity contribution in [1.29, 1.82) is 0 Å². The fraction of sp³-hybridized carbons (Fsp3) is 0.207. The molecule has 0 bridgehead atoms. The van der Waals surface area contributed by atoms with E-state index in [-0.39, 0.29) is 11.7 Å². The van der Waals surface area contributed by atoms with Gasteiger partial charge in [0, 0.05) is 37.1 Å². The van der Waals surface area contributed by atoms with E-state index in [1.54, 1.807) is 24.1 Å². The predicted molar refractivity (Wildman–Crippen MR) is 152 cm³/mol. The Balaban J connectivity index is 1.74. The minimum absolute atomic E-state index is 0.0405. The molecule has 0 saturated carbocycles. The highest BCUT2D eigenvalue weighted by Gasteiger charge is 2.34. The molecule has 190 valence electrons. The number of benzene rings is 3. The summed E-state index contributed by atoms with van der Waals surface area (Å²) in [6.45, 7) is 4.62. The molecule has 3 aromatic rings. The lowest BCUT2D eigenvalue weighted by atomic mass is 10.1. The molecule has 0 radical (unpaired) electrons. The zero-order valence-corrected chi connectivity index (χ0v) is 22.2. The smallest absolute Gasteiger partial charge is 0.268 e. The van der Waals surface area contributed by atoms with E-state index in [4.69, 9.17) is 9.73 Å². The first-order valence-electron chi connectivity index (χ1n) is 12.0. The van der Waals surface area contributed by atoms with Gasteiger partial charge in [0.1, 0.15) is 5.75 Å². The number of ether oxygens (including phenoxy) is 1. The van der Waals surface area contributed by atoms with Crippen LogP contribution < -0.4 is 15.0 Å². The Morgan fingerprint density at radius 1 is 1.11 bits per heavy atom. The monoisotopic (exact) mass is 514 g/mol. The molecule has 1 heterocycles. The van der Waals surface area contributed by atoms with Crippen molar-refractivity contribution in [1.82, 2.24) is 4.90 Å². The topological polar surface area (TPSA) is 74.2 Å². The number of hydrogen-bond donors (Lipinski definition) is 1. The third-order valence-electron chi connectivity index (χ3n) is 5.83. The van der Waals surface area contributed by atoms with Gasteiger partial charge in [-0.25, -0.2) is 4.99 Å². The maximum atomic E-state index is 13.6. The molecule has 0 atom stereocenters. The van der Waals surface area contributed by atoms with Crippen molar-refractivity contribution in [2.24, 2.45) is 4.99 Å². The number of aliphatic imine (C=N–C) groups is 1. The number of anilines is 2. The van der Waals surface area contributed by atoms with Crippen LogP contribution in [-0.2, 0) is 11.3 Å². The fourth-order valence-corrected chi connectivity index (χ4v) is 4.86. The average molecular weight is 515 g/mol. The highest BCUT2D eigenvalue weighted by atomic mass is 32.2. The first kappa shape index (κ1) is 26.0. The molecule has 1 aliphatic rings. The van der Waals surface area contributed by atoms with E-state index in [1.165, 1.54) is 18.7 Å². The van der Waals surface area contributed by atoms with Crippen LogP contribution in [0.1, 0.15) is 29.8 Å². The molecule has 0 unspecified atom stereocenters. The molecule has 1 N–H and O–H groups in total. The standard InChI is InChI=1S/C29H30N4O3S/c1-5-30-25-15-14-22(20(2)34)16-26(25)31-29-33(18-21-10-7-6-8-11-21)28(35)27(37-29)19-32(3)23-12-9-13-24(17-23)36-4/h6-17,19,30H,5,18H2,1-4H3. The molecule has 1 saturated heterocycles. The van der Waals surface area contributed by atoms with Gasteiger partial charge in [-0.05, 0) is 61.5 Å². The summed E-state index contributed by atoms with van der Waals surface area (Å²) in [4.78, 5) is 34.7. The van der Waals surface area contributed by atoms with E-state index in [9.17, 15) is 9.59 Å². The summed E-state index contributed by atoms with van der Waals surface area (Å²) in [6, 6.07) is 22.9. The summed E-state index contributed by atoms with van der Waals surface area (Å²) in [5, 5.41) is 3.86. The van der Waals surface area contributed by atoms with Crippen LogP contribution in [0.25, 0.3) is 0 Å². The van der Waals surface area contributed by atoms with Crippen LogP contribution in [0, 0.1) is 0 Å². The quantitative estimate of drug-likeness (QED) is 0.276. The van der Waals surface area contributed by atoms with E-state index >= 15 is 0 Å². The van der Waals surface area contributed by atoms with Crippen LogP contribution in [0.5, 0.6) is 5.75 Å². The van der Waals surface area contributed by atoms with E-state index in [2.05, 4.69) is 5.32 Å². The minimum atomic E-state index is -0.130. The number of carbonyl (C=O) groups excluding carboxylic acids is 2. The molecule has 37 heavy (non-hydrogen) atoms. The van der Waals surface area contributed by atoms with Gasteiger partial charge in [0.25, 0.3) is 5.91 Å². The summed E-state index contributed by atoms with van der Waals surface area (Å²) >= 11 is 1.32. The van der Waals surface area contributed by atoms with Gasteiger partial charge in [-0.1, -0.05) is 36.4 Å². The summed E-state index contributed by atoms with van der Waals surface area (Å²) in [5.41, 5.74) is 3.88. The number of carbonyl (C=O) groups is 2. The molecule has 8 heteroatoms. The predicted octanol–water partition coefficient (Wildman–Crippen LogP) is 6.07. The number of hydrogen-bond acceptors (Lipinski definition) is 7. The molecule has 0 aliphatic carbocycles. The van der Waals surface area contributed by atoms with Gasteiger partial charge in [-0.3, -0.25) is 14.5 Å². The highest BCUT2D eigenvalue weighted by Crippen LogP contribution is 2.37. The van der Waals surface area contributed by atoms with Gasteiger partial charge in [0.15, 0.2) is 11.0 Å². The molecular formula is C29H30N4O3S. The van der Waals surface area contributed by atoms with Crippen molar-refractivity contribution in [3.63, 3.8) is 0 Å². The van der Waals surface area contributed by atoms with Crippen LogP contribution in [0.2, 0.25) is 0 Å². The molecule has 3 aromatic carbocycles. The van der Waals surface area contributed by atoms with Crippen LogP contribution in [0.4, 0.5) is 17.1 Å². The van der Waals surface area contributed by atoms with E-state index in [0.717, 1.165) is 22.7 Å². The lowest BCUT2D eigenvalue weighted by Crippen LogP contribution is -2.28. The fourth-order valence-electron chi connectivity index (χ4n) is 3.85. The number of methoxy groups -OCH3 is 1. The van der Waals surface area contributed by atoms with Crippen molar-refractivity contribution < 1.29 is 14.3 Å². The first-order chi connectivity index (χ1) is 17.9. The van der Waals surface area contributed by atoms with Crippen LogP contribution in [0.3, 0.4) is 0 Å². The average Bonchev–Trinajstić information content (AvgIpc) is 3.19. The number of nitrogens with zero attached hydrogens (tertiary/aromatic N) is 3. The number of Topliss-reactive ketones (excluding diaryl/α,β-unsaturated/α-hetero) is 1. The Hall–Kier alpha value is -4.04. The number of nitrogens with one attached hydrogen (secondary N) is 1. The Labute approximate surface area is 221 Å². The summed E-state index contributed by atoms with van der Waals surface area (Å²) < 4.78 is 5.34. The minimum Gasteiger partial charge on any atom is -0.497 e. The molecule has 7 nitrogen and oxygen atoms in total. The largest absolute Gasteiger partial charge is 0.497 e. The highest BCUT2D eigenvalue weighted by molar-refractivity contribution is 8.18. The second-order valence-electron chi connectivity index (χ2n) is 8.50. The van der Waals surface area contributed by atoms with Gasteiger partial charge in [0.05, 0.1) is 29.9 Å². The molecule has 1 aliphatic heterocycles. The Morgan fingerprint density at radius 3 is 2.59 bits per heavy atom. The molecule has 1 amide bonds. The number of ketones is 1. The molecular weight excluding hydrogens is 484 g/mol. The zero-order chi connectivity index (χ0) is 26.4. The van der Waals surface area contributed by atoms with Crippen LogP contribution in [-0.4, -0.2) is 42.5 Å². The van der Waals surface area contributed by atoms with Gasteiger partial charge >= 0.3 is 0 Å². The molecule has 0 spiro atoms. The third kappa shape index (κ3) is 6.21. The number of thioether (sulfide) groups is 1. The van der Waals surface area contributed by atoms with Crippen molar-refractivity contribution in [3.05, 3.63) is 95.0 Å². The number of rotatable bonds is 9. The SMILES string of the molecule is CCNc1ccc(C(C)=O)cc1N=C1SC(=CN(C)c2cccc(OC)c2)C(=O)N1Cc1ccccc1. The molecule has 1 fully saturated rings. The Bertz CT molecular complexity index is 1350. The van der Waals surface area contributed by atoms with E-state index in [1.807, 2.05) is 85.7 Å². The number of amides is 1. The second kappa shape index (κ2) is 11.8. The molecule has 0 aromatic heterocycles. The van der Waals surface area contributed by atoms with E-state index < -0.39 is 0 Å². The van der Waals surface area contributed by atoms with Crippen LogP contribution in [0.15, 0.2) is 88.9 Å². The molecule has 4 rings (SSSR count). The van der Waals surface area contributed by atoms with Gasteiger partial charge in [-0.2, -0.15) is 0 Å². The van der Waals surface area contributed by atoms with Crippen LogP contribution >= 0.6 is 11.8 Å². The number of amidine groups is 1. The van der Waals surface area contributed by atoms with Gasteiger partial charge < -0.3 is 15.0 Å². The normalized spacial score (nSPS) is 15.4. The summed E-state index contributed by atoms with van der Waals surface area (Å²) in [6.07, 6.45) is 1.82. The third-order valence-corrected chi connectivity index (χ3v) is 6.82. The van der Waals surface area contributed by atoms with Crippen molar-refractivity contribution in [3.8, 4) is 5.75 Å². The second-order valence-corrected chi connectivity index (χ2v) is 9.51. The Morgan fingerprint density at radius 2 is 1.89 bits per heavy atom. The van der Waals surface area contributed by atoms with Gasteiger partial charge in [0.2, 0.25) is 0 Å².